The van der Waals surface area contributed by atoms with Gasteiger partial charge in [0.1, 0.15) is 4.34 Å². The van der Waals surface area contributed by atoms with Crippen molar-refractivity contribution >= 4 is 55.9 Å². The lowest BCUT2D eigenvalue weighted by Crippen LogP contribution is -2.51. The Bertz CT molecular complexity index is 1260. The van der Waals surface area contributed by atoms with Crippen molar-refractivity contribution in [1.82, 2.24) is 14.6 Å². The van der Waals surface area contributed by atoms with E-state index in [2.05, 4.69) is 22.9 Å². The fourth-order valence-electron chi connectivity index (χ4n) is 4.23. The Morgan fingerprint density at radius 1 is 1.21 bits per heavy atom. The summed E-state index contributed by atoms with van der Waals surface area (Å²) in [6, 6.07) is 12.5. The van der Waals surface area contributed by atoms with Crippen LogP contribution in [0.2, 0.25) is 0 Å². The summed E-state index contributed by atoms with van der Waals surface area (Å²) in [6.07, 6.45) is 2.01. The highest BCUT2D eigenvalue weighted by molar-refractivity contribution is 7.89. The summed E-state index contributed by atoms with van der Waals surface area (Å²) in [7, 11) is -3.53. The van der Waals surface area contributed by atoms with E-state index in [1.165, 1.54) is 15.6 Å². The van der Waals surface area contributed by atoms with Gasteiger partial charge in [-0.3, -0.25) is 4.90 Å². The quantitative estimate of drug-likeness (QED) is 0.454. The zero-order valence-corrected chi connectivity index (χ0v) is 22.1. The van der Waals surface area contributed by atoms with Crippen LogP contribution in [0.5, 0.6) is 0 Å². The van der Waals surface area contributed by atoms with Gasteiger partial charge in [0.2, 0.25) is 10.0 Å². The van der Waals surface area contributed by atoms with Crippen molar-refractivity contribution in [3.63, 3.8) is 0 Å². The van der Waals surface area contributed by atoms with Gasteiger partial charge in [-0.2, -0.15) is 4.31 Å². The van der Waals surface area contributed by atoms with Crippen LogP contribution < -0.4 is 10.2 Å². The van der Waals surface area contributed by atoms with Crippen LogP contribution >= 0.6 is 24.0 Å². The summed E-state index contributed by atoms with van der Waals surface area (Å²) < 4.78 is 29.2. The third-order valence-electron chi connectivity index (χ3n) is 6.13. The number of thiol groups is 1. The van der Waals surface area contributed by atoms with Crippen LogP contribution in [-0.2, 0) is 16.4 Å². The van der Waals surface area contributed by atoms with Gasteiger partial charge in [0.25, 0.3) is 0 Å². The number of benzene rings is 2. The third kappa shape index (κ3) is 5.25. The number of amides is 2. The van der Waals surface area contributed by atoms with Crippen LogP contribution in [0.4, 0.5) is 10.5 Å². The van der Waals surface area contributed by atoms with Crippen molar-refractivity contribution in [2.75, 3.05) is 18.0 Å². The van der Waals surface area contributed by atoms with E-state index in [0.29, 0.717) is 35.2 Å². The number of urea groups is 1. The second-order valence-electron chi connectivity index (χ2n) is 8.74. The number of carbonyl (C=O) groups is 1. The van der Waals surface area contributed by atoms with Crippen LogP contribution in [0.15, 0.2) is 51.7 Å². The van der Waals surface area contributed by atoms with Crippen LogP contribution in [0.3, 0.4) is 0 Å². The average Bonchev–Trinajstić information content (AvgIpc) is 3.18. The van der Waals surface area contributed by atoms with Gasteiger partial charge in [-0.15, -0.1) is 24.0 Å². The number of nitrogens with one attached hydrogen (secondary N) is 1. The van der Waals surface area contributed by atoms with E-state index in [-0.39, 0.29) is 18.1 Å². The molecule has 0 radical (unpaired) electrons. The van der Waals surface area contributed by atoms with E-state index in [1.807, 2.05) is 51.1 Å². The highest BCUT2D eigenvalue weighted by atomic mass is 32.2. The number of hydrogen-bond donors (Lipinski definition) is 2. The molecule has 182 valence electrons. The van der Waals surface area contributed by atoms with Crippen molar-refractivity contribution in [2.45, 2.75) is 61.4 Å². The number of aryl methyl sites for hydroxylation is 1. The molecular formula is C24H30N4O3S3. The van der Waals surface area contributed by atoms with Gasteiger partial charge in [-0.1, -0.05) is 19.1 Å². The number of aromatic nitrogens is 1. The minimum Gasteiger partial charge on any atom is -0.335 e. The smallest absolute Gasteiger partial charge is 0.322 e. The van der Waals surface area contributed by atoms with E-state index < -0.39 is 10.0 Å². The summed E-state index contributed by atoms with van der Waals surface area (Å²) >= 11 is 5.80. The molecule has 7 nitrogen and oxygen atoms in total. The van der Waals surface area contributed by atoms with Gasteiger partial charge in [0.15, 0.2) is 0 Å². The number of sulfonamides is 1. The predicted molar refractivity (Wildman–Crippen MR) is 141 cm³/mol. The number of nitrogens with zero attached hydrogens (tertiary/aromatic N) is 3. The molecule has 0 saturated carbocycles. The van der Waals surface area contributed by atoms with Crippen molar-refractivity contribution in [2.24, 2.45) is 0 Å². The number of thiazole rings is 1. The molecule has 34 heavy (non-hydrogen) atoms. The van der Waals surface area contributed by atoms with Gasteiger partial charge < -0.3 is 5.32 Å². The predicted octanol–water partition coefficient (Wildman–Crippen LogP) is 4.93. The molecule has 0 aliphatic carbocycles. The molecule has 1 saturated heterocycles. The standard InChI is InChI=1S/C24H30N4O3S3/c1-4-17-5-8-20(9-6-17)34(30,31)27-13-11-18(12-14-27)25-23(29)28(16(2)3)19-7-10-21-22(15-19)33-24(32)26-21/h5-10,15-16,18H,4,11-14H2,1-3H3,(H,25,29)(H,26,32). The average molecular weight is 519 g/mol. The Morgan fingerprint density at radius 2 is 1.88 bits per heavy atom. The van der Waals surface area contributed by atoms with Crippen molar-refractivity contribution in [3.05, 3.63) is 48.0 Å². The number of piperidine rings is 1. The summed E-state index contributed by atoms with van der Waals surface area (Å²) in [6.45, 7) is 6.74. The Morgan fingerprint density at radius 3 is 2.50 bits per heavy atom. The van der Waals surface area contributed by atoms with Crippen molar-refractivity contribution < 1.29 is 13.2 Å². The molecule has 1 aliphatic rings. The minimum absolute atomic E-state index is 0.0487. The van der Waals surface area contributed by atoms with Gasteiger partial charge in [-0.25, -0.2) is 18.2 Å². The molecular weight excluding hydrogens is 488 g/mol. The number of rotatable bonds is 6. The third-order valence-corrected chi connectivity index (χ3v) is 9.23. The summed E-state index contributed by atoms with van der Waals surface area (Å²) in [5.41, 5.74) is 2.77. The largest absolute Gasteiger partial charge is 0.335 e. The molecule has 0 atom stereocenters. The Labute approximate surface area is 210 Å². The normalized spacial score (nSPS) is 15.7. The van der Waals surface area contributed by atoms with E-state index in [4.69, 9.17) is 0 Å². The fraction of sp³-hybridized carbons (Fsp3) is 0.417. The molecule has 3 aromatic rings. The summed E-state index contributed by atoms with van der Waals surface area (Å²) in [5, 5.41) is 3.12. The van der Waals surface area contributed by atoms with Gasteiger partial charge in [-0.05, 0) is 69.0 Å². The number of anilines is 1. The van der Waals surface area contributed by atoms with Crippen molar-refractivity contribution in [3.8, 4) is 0 Å². The molecule has 4 rings (SSSR count). The molecule has 0 spiro atoms. The molecule has 0 bridgehead atoms. The van der Waals surface area contributed by atoms with E-state index in [1.54, 1.807) is 17.0 Å². The SMILES string of the molecule is CCc1ccc(S(=O)(=O)N2CCC(NC(=O)N(c3ccc4nc(S)sc4c3)C(C)C)CC2)cc1. The van der Waals surface area contributed by atoms with Gasteiger partial charge in [0, 0.05) is 30.9 Å². The fourth-order valence-corrected chi connectivity index (χ4v) is 6.84. The molecule has 2 amide bonds. The lowest BCUT2D eigenvalue weighted by atomic mass is 10.1. The maximum Gasteiger partial charge on any atom is 0.322 e. The molecule has 0 unspecified atom stereocenters. The zero-order chi connectivity index (χ0) is 24.5. The molecule has 1 N–H and O–H groups in total. The second-order valence-corrected chi connectivity index (χ2v) is 12.4. The topological polar surface area (TPSA) is 82.6 Å². The number of fused-ring (bicyclic) bond motifs is 1. The molecule has 2 heterocycles. The van der Waals surface area contributed by atoms with E-state index in [9.17, 15) is 13.2 Å². The van der Waals surface area contributed by atoms with Gasteiger partial charge in [0.05, 0.1) is 15.1 Å². The maximum atomic E-state index is 13.2. The molecule has 1 fully saturated rings. The van der Waals surface area contributed by atoms with Crippen LogP contribution in [0, 0.1) is 0 Å². The monoisotopic (exact) mass is 518 g/mol. The minimum atomic E-state index is -3.53. The maximum absolute atomic E-state index is 13.2. The van der Waals surface area contributed by atoms with Crippen LogP contribution in [-0.4, -0.2) is 48.9 Å². The highest BCUT2D eigenvalue weighted by Crippen LogP contribution is 2.30. The van der Waals surface area contributed by atoms with Crippen LogP contribution in [0.25, 0.3) is 10.2 Å². The summed E-state index contributed by atoms with van der Waals surface area (Å²) in [4.78, 5) is 19.6. The molecule has 2 aromatic carbocycles. The lowest BCUT2D eigenvalue weighted by molar-refractivity contribution is 0.231. The molecule has 1 aliphatic heterocycles. The zero-order valence-electron chi connectivity index (χ0n) is 19.6. The molecule has 1 aromatic heterocycles. The first kappa shape index (κ1) is 25.0. The Balaban J connectivity index is 1.41. The van der Waals surface area contributed by atoms with E-state index >= 15 is 0 Å². The first-order chi connectivity index (χ1) is 16.2. The van der Waals surface area contributed by atoms with Crippen molar-refractivity contribution in [1.29, 1.82) is 0 Å². The first-order valence-corrected chi connectivity index (χ1v) is 14.2. The highest BCUT2D eigenvalue weighted by Gasteiger charge is 2.31. The van der Waals surface area contributed by atoms with Crippen LogP contribution in [0.1, 0.15) is 39.2 Å². The van der Waals surface area contributed by atoms with E-state index in [0.717, 1.165) is 27.9 Å². The first-order valence-electron chi connectivity index (χ1n) is 11.5. The summed E-state index contributed by atoms with van der Waals surface area (Å²) in [5.74, 6) is 0. The number of hydrogen-bond acceptors (Lipinski definition) is 6. The second kappa shape index (κ2) is 10.2. The van der Waals surface area contributed by atoms with Gasteiger partial charge >= 0.3 is 6.03 Å². The molecule has 10 heteroatoms. The Kier molecular flexibility index (Phi) is 7.51. The Hall–Kier alpha value is -2.14. The lowest BCUT2D eigenvalue weighted by Gasteiger charge is -2.34. The number of carbonyl (C=O) groups excluding carboxylic acids is 1.